The van der Waals surface area contributed by atoms with Crippen LogP contribution in [-0.2, 0) is 9.05 Å². The zero-order chi connectivity index (χ0) is 10.9. The minimum absolute atomic E-state index is 0.202. The molecule has 0 bridgehead atoms. The van der Waals surface area contributed by atoms with Gasteiger partial charge >= 0.3 is 0 Å². The van der Waals surface area contributed by atoms with Gasteiger partial charge < -0.3 is 0 Å². The molecule has 74 valence electrons. The molecule has 0 spiro atoms. The molecule has 1 rings (SSSR count). The van der Waals surface area contributed by atoms with E-state index in [1.807, 2.05) is 0 Å². The fourth-order valence-electron chi connectivity index (χ4n) is 1.01. The van der Waals surface area contributed by atoms with Crippen molar-refractivity contribution in [2.45, 2.75) is 11.8 Å². The molecule has 0 fully saturated rings. The van der Waals surface area contributed by atoms with Crippen LogP contribution in [0.4, 0.5) is 4.39 Å². The minimum Gasteiger partial charge on any atom is -0.207 e. The van der Waals surface area contributed by atoms with E-state index in [0.29, 0.717) is 0 Å². The second-order valence-electron chi connectivity index (χ2n) is 2.65. The Morgan fingerprint density at radius 3 is 2.50 bits per heavy atom. The van der Waals surface area contributed by atoms with E-state index < -0.39 is 14.9 Å². The highest BCUT2D eigenvalue weighted by Gasteiger charge is 2.16. The maximum absolute atomic E-state index is 13.0. The third kappa shape index (κ3) is 2.03. The van der Waals surface area contributed by atoms with Crippen LogP contribution in [0.1, 0.15) is 11.1 Å². The number of halogens is 2. The second kappa shape index (κ2) is 3.56. The fourth-order valence-corrected chi connectivity index (χ4v) is 2.20. The molecule has 0 N–H and O–H groups in total. The van der Waals surface area contributed by atoms with E-state index in [2.05, 4.69) is 0 Å². The molecule has 1 aromatic carbocycles. The molecular formula is C8H5ClFNO2S. The molecule has 0 atom stereocenters. The van der Waals surface area contributed by atoms with Gasteiger partial charge in [0.05, 0.1) is 10.5 Å². The first-order valence-corrected chi connectivity index (χ1v) is 5.82. The molecule has 0 unspecified atom stereocenters. The number of hydrogen-bond donors (Lipinski definition) is 0. The SMILES string of the molecule is Cc1cc(C#N)c(F)cc1S(=O)(=O)Cl. The average molecular weight is 234 g/mol. The number of nitriles is 1. The predicted molar refractivity (Wildman–Crippen MR) is 48.9 cm³/mol. The van der Waals surface area contributed by atoms with Gasteiger partial charge in [-0.1, -0.05) is 0 Å². The lowest BCUT2D eigenvalue weighted by atomic mass is 10.1. The second-order valence-corrected chi connectivity index (χ2v) is 5.18. The summed E-state index contributed by atoms with van der Waals surface area (Å²) in [4.78, 5) is -0.310. The summed E-state index contributed by atoms with van der Waals surface area (Å²) < 4.78 is 34.9. The topological polar surface area (TPSA) is 57.9 Å². The first-order valence-electron chi connectivity index (χ1n) is 3.51. The molecule has 0 saturated heterocycles. The fraction of sp³-hybridized carbons (Fsp3) is 0.125. The van der Waals surface area contributed by atoms with Gasteiger partial charge in [0, 0.05) is 10.7 Å². The highest BCUT2D eigenvalue weighted by atomic mass is 35.7. The Labute approximate surface area is 85.2 Å². The zero-order valence-corrected chi connectivity index (χ0v) is 8.66. The van der Waals surface area contributed by atoms with Crippen molar-refractivity contribution in [3.05, 3.63) is 29.1 Å². The molecule has 1 aromatic rings. The summed E-state index contributed by atoms with van der Waals surface area (Å²) in [5.41, 5.74) is 0.0458. The Morgan fingerprint density at radius 1 is 1.50 bits per heavy atom. The maximum Gasteiger partial charge on any atom is 0.261 e. The van der Waals surface area contributed by atoms with E-state index in [9.17, 15) is 12.8 Å². The summed E-state index contributed by atoms with van der Waals surface area (Å²) in [7, 11) is 1.10. The number of aryl methyl sites for hydroxylation is 1. The lowest BCUT2D eigenvalue weighted by molar-refractivity contribution is 0.600. The molecule has 0 aliphatic carbocycles. The van der Waals surface area contributed by atoms with E-state index in [0.717, 1.165) is 12.1 Å². The van der Waals surface area contributed by atoms with Crippen LogP contribution in [0.15, 0.2) is 17.0 Å². The normalized spacial score (nSPS) is 11.0. The molecule has 0 saturated carbocycles. The summed E-state index contributed by atoms with van der Waals surface area (Å²) in [6, 6.07) is 3.49. The zero-order valence-electron chi connectivity index (χ0n) is 7.08. The van der Waals surface area contributed by atoms with E-state index in [4.69, 9.17) is 15.9 Å². The summed E-state index contributed by atoms with van der Waals surface area (Å²) in [6.45, 7) is 1.44. The molecule has 0 aliphatic heterocycles. The van der Waals surface area contributed by atoms with Gasteiger partial charge in [-0.05, 0) is 24.6 Å². The quantitative estimate of drug-likeness (QED) is 0.697. The molecule has 0 aromatic heterocycles. The van der Waals surface area contributed by atoms with Crippen LogP contribution < -0.4 is 0 Å². The number of nitrogens with zero attached hydrogens (tertiary/aromatic N) is 1. The Bertz CT molecular complexity index is 519. The van der Waals surface area contributed by atoms with Gasteiger partial charge in [0.25, 0.3) is 9.05 Å². The molecule has 0 aliphatic rings. The lowest BCUT2D eigenvalue weighted by Gasteiger charge is -2.02. The first kappa shape index (κ1) is 11.0. The van der Waals surface area contributed by atoms with Gasteiger partial charge in [-0.2, -0.15) is 5.26 Å². The van der Waals surface area contributed by atoms with Crippen LogP contribution in [-0.4, -0.2) is 8.42 Å². The summed E-state index contributed by atoms with van der Waals surface area (Å²) in [5.74, 6) is -0.891. The smallest absolute Gasteiger partial charge is 0.207 e. The molecule has 14 heavy (non-hydrogen) atoms. The number of benzene rings is 1. The van der Waals surface area contributed by atoms with Gasteiger partial charge in [-0.3, -0.25) is 0 Å². The van der Waals surface area contributed by atoms with Crippen molar-refractivity contribution in [2.24, 2.45) is 0 Å². The van der Waals surface area contributed by atoms with Crippen LogP contribution in [0, 0.1) is 24.1 Å². The van der Waals surface area contributed by atoms with Crippen molar-refractivity contribution in [1.29, 1.82) is 5.26 Å². The van der Waals surface area contributed by atoms with E-state index in [1.165, 1.54) is 6.92 Å². The van der Waals surface area contributed by atoms with E-state index in [-0.39, 0.29) is 16.0 Å². The Hall–Kier alpha value is -1.12. The summed E-state index contributed by atoms with van der Waals surface area (Å²) >= 11 is 0. The Balaban J connectivity index is 3.54. The van der Waals surface area contributed by atoms with Crippen LogP contribution >= 0.6 is 10.7 Å². The highest BCUT2D eigenvalue weighted by molar-refractivity contribution is 8.13. The van der Waals surface area contributed by atoms with Gasteiger partial charge in [-0.15, -0.1) is 0 Å². The third-order valence-corrected chi connectivity index (χ3v) is 3.11. The van der Waals surface area contributed by atoms with Gasteiger partial charge in [0.15, 0.2) is 0 Å². The van der Waals surface area contributed by atoms with E-state index in [1.54, 1.807) is 6.07 Å². The highest BCUT2D eigenvalue weighted by Crippen LogP contribution is 2.22. The van der Waals surface area contributed by atoms with Gasteiger partial charge in [-0.25, -0.2) is 12.8 Å². The first-order chi connectivity index (χ1) is 6.36. The van der Waals surface area contributed by atoms with Crippen molar-refractivity contribution in [3.63, 3.8) is 0 Å². The van der Waals surface area contributed by atoms with Gasteiger partial charge in [0.1, 0.15) is 11.9 Å². The molecule has 6 heteroatoms. The Kier molecular flexibility index (Phi) is 2.79. The van der Waals surface area contributed by atoms with Gasteiger partial charge in [0.2, 0.25) is 0 Å². The molecule has 0 heterocycles. The summed E-state index contributed by atoms with van der Waals surface area (Å²) in [5, 5.41) is 8.46. The summed E-state index contributed by atoms with van der Waals surface area (Å²) in [6.07, 6.45) is 0. The predicted octanol–water partition coefficient (Wildman–Crippen LogP) is 1.93. The van der Waals surface area contributed by atoms with Crippen molar-refractivity contribution in [2.75, 3.05) is 0 Å². The molecular weight excluding hydrogens is 229 g/mol. The average Bonchev–Trinajstić information content (AvgIpc) is 2.06. The number of hydrogen-bond acceptors (Lipinski definition) is 3. The van der Waals surface area contributed by atoms with E-state index >= 15 is 0 Å². The van der Waals surface area contributed by atoms with Crippen molar-refractivity contribution in [1.82, 2.24) is 0 Å². The molecule has 0 radical (unpaired) electrons. The van der Waals surface area contributed by atoms with Crippen LogP contribution in [0.25, 0.3) is 0 Å². The van der Waals surface area contributed by atoms with Crippen LogP contribution in [0.2, 0.25) is 0 Å². The lowest BCUT2D eigenvalue weighted by Crippen LogP contribution is -1.97. The monoisotopic (exact) mass is 233 g/mol. The van der Waals surface area contributed by atoms with Crippen molar-refractivity contribution < 1.29 is 12.8 Å². The maximum atomic E-state index is 13.0. The van der Waals surface area contributed by atoms with Crippen LogP contribution in [0.5, 0.6) is 0 Å². The minimum atomic E-state index is -3.96. The van der Waals surface area contributed by atoms with Crippen LogP contribution in [0.3, 0.4) is 0 Å². The van der Waals surface area contributed by atoms with Crippen molar-refractivity contribution >= 4 is 19.7 Å². The Morgan fingerprint density at radius 2 is 2.07 bits per heavy atom. The standard InChI is InChI=1S/C8H5ClFNO2S/c1-5-2-6(4-11)7(10)3-8(5)14(9,12)13/h2-3H,1H3. The molecule has 0 amide bonds. The van der Waals surface area contributed by atoms with Crippen molar-refractivity contribution in [3.8, 4) is 6.07 Å². The molecule has 3 nitrogen and oxygen atoms in total. The largest absolute Gasteiger partial charge is 0.261 e. The third-order valence-electron chi connectivity index (χ3n) is 1.65. The number of rotatable bonds is 1.